The molecule has 0 aliphatic rings. The number of thiophene rings is 1. The van der Waals surface area contributed by atoms with Crippen molar-refractivity contribution in [2.24, 2.45) is 0 Å². The average Bonchev–Trinajstić information content (AvgIpc) is 2.98. The molecular formula is C14H15NO3S2. The summed E-state index contributed by atoms with van der Waals surface area (Å²) in [4.78, 5) is 0.736. The van der Waals surface area contributed by atoms with E-state index in [2.05, 4.69) is 4.72 Å². The SMILES string of the molecule is O=S(=O)(/C=C/c1ccccc1)NC[C@H](O)c1cccs1. The zero-order valence-electron chi connectivity index (χ0n) is 10.6. The quantitative estimate of drug-likeness (QED) is 0.861. The predicted octanol–water partition coefficient (Wildman–Crippen LogP) is 2.37. The summed E-state index contributed by atoms with van der Waals surface area (Å²) in [5.74, 6) is 0. The number of rotatable bonds is 6. The molecule has 1 heterocycles. The van der Waals surface area contributed by atoms with E-state index in [0.717, 1.165) is 15.8 Å². The molecule has 0 spiro atoms. The Balaban J connectivity index is 1.93. The second kappa shape index (κ2) is 6.81. The molecule has 0 saturated heterocycles. The van der Waals surface area contributed by atoms with Crippen LogP contribution in [0.25, 0.3) is 6.08 Å². The Hall–Kier alpha value is -1.47. The summed E-state index contributed by atoms with van der Waals surface area (Å²) >= 11 is 1.39. The second-order valence-corrected chi connectivity index (χ2v) is 6.77. The van der Waals surface area contributed by atoms with E-state index in [4.69, 9.17) is 0 Å². The van der Waals surface area contributed by atoms with Crippen LogP contribution in [0.3, 0.4) is 0 Å². The van der Waals surface area contributed by atoms with Crippen LogP contribution < -0.4 is 4.72 Å². The largest absolute Gasteiger partial charge is 0.386 e. The molecule has 0 aliphatic heterocycles. The molecule has 1 aromatic heterocycles. The van der Waals surface area contributed by atoms with Crippen LogP contribution in [0.15, 0.2) is 53.3 Å². The highest BCUT2D eigenvalue weighted by Crippen LogP contribution is 2.18. The molecule has 6 heteroatoms. The minimum atomic E-state index is -3.55. The maximum atomic E-state index is 11.8. The maximum Gasteiger partial charge on any atom is 0.233 e. The molecule has 106 valence electrons. The van der Waals surface area contributed by atoms with Crippen LogP contribution in [-0.2, 0) is 10.0 Å². The molecule has 0 bridgehead atoms. The predicted molar refractivity (Wildman–Crippen MR) is 81.7 cm³/mol. The average molecular weight is 309 g/mol. The fourth-order valence-electron chi connectivity index (χ4n) is 1.56. The van der Waals surface area contributed by atoms with Gasteiger partial charge in [-0.15, -0.1) is 11.3 Å². The van der Waals surface area contributed by atoms with Crippen molar-refractivity contribution in [1.29, 1.82) is 0 Å². The molecule has 2 rings (SSSR count). The zero-order valence-corrected chi connectivity index (χ0v) is 12.3. The van der Waals surface area contributed by atoms with Gasteiger partial charge in [-0.25, -0.2) is 13.1 Å². The first kappa shape index (κ1) is 14.9. The van der Waals surface area contributed by atoms with Gasteiger partial charge in [0.15, 0.2) is 0 Å². The third-order valence-electron chi connectivity index (χ3n) is 2.59. The highest BCUT2D eigenvalue weighted by Gasteiger charge is 2.12. The Kier molecular flexibility index (Phi) is 5.08. The lowest BCUT2D eigenvalue weighted by Crippen LogP contribution is -2.26. The number of hydrogen-bond donors (Lipinski definition) is 2. The van der Waals surface area contributed by atoms with Crippen molar-refractivity contribution >= 4 is 27.4 Å². The van der Waals surface area contributed by atoms with Crippen LogP contribution in [0, 0.1) is 0 Å². The molecule has 0 fully saturated rings. The van der Waals surface area contributed by atoms with Crippen molar-refractivity contribution in [3.63, 3.8) is 0 Å². The standard InChI is InChI=1S/C14H15NO3S2/c16-13(14-7-4-9-19-14)11-15-20(17,18)10-8-12-5-2-1-3-6-12/h1-10,13,15-16H,11H2/b10-8+/t13-/m0/s1. The van der Waals surface area contributed by atoms with Crippen molar-refractivity contribution in [3.05, 3.63) is 63.7 Å². The summed E-state index contributed by atoms with van der Waals surface area (Å²) in [5, 5.41) is 12.8. The summed E-state index contributed by atoms with van der Waals surface area (Å²) in [6.07, 6.45) is 0.690. The first-order valence-corrected chi connectivity index (χ1v) is 8.44. The lowest BCUT2D eigenvalue weighted by atomic mass is 10.2. The monoisotopic (exact) mass is 309 g/mol. The van der Waals surface area contributed by atoms with Gasteiger partial charge in [0.05, 0.1) is 0 Å². The Morgan fingerprint density at radius 1 is 1.20 bits per heavy atom. The second-order valence-electron chi connectivity index (χ2n) is 4.14. The van der Waals surface area contributed by atoms with E-state index in [0.29, 0.717) is 0 Å². The van der Waals surface area contributed by atoms with Crippen molar-refractivity contribution in [1.82, 2.24) is 4.72 Å². The number of aliphatic hydroxyl groups excluding tert-OH is 1. The molecule has 0 aliphatic carbocycles. The zero-order chi connectivity index (χ0) is 14.4. The van der Waals surface area contributed by atoms with Crippen LogP contribution >= 0.6 is 11.3 Å². The number of aliphatic hydroxyl groups is 1. The lowest BCUT2D eigenvalue weighted by molar-refractivity contribution is 0.186. The van der Waals surface area contributed by atoms with Gasteiger partial charge in [-0.2, -0.15) is 0 Å². The van der Waals surface area contributed by atoms with E-state index in [1.807, 2.05) is 41.8 Å². The van der Waals surface area contributed by atoms with Gasteiger partial charge in [0, 0.05) is 16.8 Å². The highest BCUT2D eigenvalue weighted by atomic mass is 32.2. The third-order valence-corrected chi connectivity index (χ3v) is 4.63. The third kappa shape index (κ3) is 4.57. The van der Waals surface area contributed by atoms with Crippen LogP contribution in [0.2, 0.25) is 0 Å². The minimum Gasteiger partial charge on any atom is -0.386 e. The normalized spacial score (nSPS) is 13.7. The van der Waals surface area contributed by atoms with Gasteiger partial charge in [-0.05, 0) is 23.1 Å². The lowest BCUT2D eigenvalue weighted by Gasteiger charge is -2.08. The molecule has 0 amide bonds. The summed E-state index contributed by atoms with van der Waals surface area (Å²) in [6.45, 7) is -0.0397. The summed E-state index contributed by atoms with van der Waals surface area (Å²) in [6, 6.07) is 12.7. The fraction of sp³-hybridized carbons (Fsp3) is 0.143. The highest BCUT2D eigenvalue weighted by molar-refractivity contribution is 7.92. The molecule has 4 nitrogen and oxygen atoms in total. The van der Waals surface area contributed by atoms with E-state index in [1.54, 1.807) is 6.07 Å². The maximum absolute atomic E-state index is 11.8. The van der Waals surface area contributed by atoms with Gasteiger partial charge in [0.25, 0.3) is 0 Å². The first-order chi connectivity index (χ1) is 9.57. The smallest absolute Gasteiger partial charge is 0.233 e. The Bertz CT molecular complexity index is 649. The molecule has 2 N–H and O–H groups in total. The topological polar surface area (TPSA) is 66.4 Å². The van der Waals surface area contributed by atoms with Gasteiger partial charge in [0.1, 0.15) is 6.10 Å². The number of hydrogen-bond acceptors (Lipinski definition) is 4. The fourth-order valence-corrected chi connectivity index (χ4v) is 3.09. The van der Waals surface area contributed by atoms with E-state index >= 15 is 0 Å². The molecule has 2 aromatic rings. The van der Waals surface area contributed by atoms with E-state index < -0.39 is 16.1 Å². The Labute approximate surface area is 122 Å². The van der Waals surface area contributed by atoms with Gasteiger partial charge >= 0.3 is 0 Å². The molecule has 0 unspecified atom stereocenters. The Morgan fingerprint density at radius 2 is 1.95 bits per heavy atom. The number of sulfonamides is 1. The van der Waals surface area contributed by atoms with Crippen molar-refractivity contribution < 1.29 is 13.5 Å². The van der Waals surface area contributed by atoms with Crippen molar-refractivity contribution in [2.45, 2.75) is 6.10 Å². The van der Waals surface area contributed by atoms with Crippen LogP contribution in [-0.4, -0.2) is 20.1 Å². The number of benzene rings is 1. The molecule has 0 saturated carbocycles. The van der Waals surface area contributed by atoms with Crippen LogP contribution in [0.5, 0.6) is 0 Å². The molecule has 1 atom stereocenters. The summed E-state index contributed by atoms with van der Waals surface area (Å²) in [5.41, 5.74) is 0.802. The van der Waals surface area contributed by atoms with E-state index in [1.165, 1.54) is 17.4 Å². The molecular weight excluding hydrogens is 294 g/mol. The molecule has 0 radical (unpaired) electrons. The van der Waals surface area contributed by atoms with Crippen molar-refractivity contribution in [3.8, 4) is 0 Å². The van der Waals surface area contributed by atoms with Gasteiger partial charge in [-0.1, -0.05) is 36.4 Å². The number of nitrogens with one attached hydrogen (secondary N) is 1. The minimum absolute atomic E-state index is 0.0397. The molecule has 20 heavy (non-hydrogen) atoms. The Morgan fingerprint density at radius 3 is 2.60 bits per heavy atom. The van der Waals surface area contributed by atoms with E-state index in [9.17, 15) is 13.5 Å². The molecule has 1 aromatic carbocycles. The van der Waals surface area contributed by atoms with Gasteiger partial charge < -0.3 is 5.11 Å². The van der Waals surface area contributed by atoms with Gasteiger partial charge in [-0.3, -0.25) is 0 Å². The van der Waals surface area contributed by atoms with Crippen molar-refractivity contribution in [2.75, 3.05) is 6.54 Å². The first-order valence-electron chi connectivity index (χ1n) is 6.01. The summed E-state index contributed by atoms with van der Waals surface area (Å²) < 4.78 is 25.9. The van der Waals surface area contributed by atoms with E-state index in [-0.39, 0.29) is 6.54 Å². The van der Waals surface area contributed by atoms with Crippen LogP contribution in [0.1, 0.15) is 16.5 Å². The summed E-state index contributed by atoms with van der Waals surface area (Å²) in [7, 11) is -3.55. The van der Waals surface area contributed by atoms with Gasteiger partial charge in [0.2, 0.25) is 10.0 Å². The van der Waals surface area contributed by atoms with Crippen LogP contribution in [0.4, 0.5) is 0 Å².